The van der Waals surface area contributed by atoms with Gasteiger partial charge in [0.25, 0.3) is 5.91 Å². The average molecular weight is 350 g/mol. The predicted molar refractivity (Wildman–Crippen MR) is 92.4 cm³/mol. The second-order valence-corrected chi connectivity index (χ2v) is 5.02. The maximum Gasteiger partial charge on any atom is 0.250 e. The van der Waals surface area contributed by atoms with E-state index in [0.29, 0.717) is 33.2 Å². The lowest BCUT2D eigenvalue weighted by atomic mass is 10.1. The van der Waals surface area contributed by atoms with Gasteiger partial charge in [0.05, 0.1) is 22.6 Å². The Hall–Kier alpha value is -2.57. The van der Waals surface area contributed by atoms with E-state index < -0.39 is 5.91 Å². The Bertz CT molecular complexity index is 863. The molecule has 0 unspecified atom stereocenters. The Balaban J connectivity index is 0.00000192. The number of nitrogens with zero attached hydrogens (tertiary/aromatic N) is 2. The highest BCUT2D eigenvalue weighted by molar-refractivity contribution is 6.33. The van der Waals surface area contributed by atoms with Crippen LogP contribution in [0.1, 0.15) is 10.4 Å². The average Bonchev–Trinajstić information content (AvgIpc) is 2.93. The summed E-state index contributed by atoms with van der Waals surface area (Å²) in [4.78, 5) is 22.8. The van der Waals surface area contributed by atoms with Crippen LogP contribution >= 0.6 is 24.0 Å². The summed E-state index contributed by atoms with van der Waals surface area (Å²) in [6.07, 6.45) is 1.54. The molecule has 0 atom stereocenters. The number of carbonyl (C=O) groups excluding carboxylic acids is 1. The van der Waals surface area contributed by atoms with Crippen LogP contribution in [0.5, 0.6) is 0 Å². The van der Waals surface area contributed by atoms with Gasteiger partial charge in [0.2, 0.25) is 5.95 Å². The van der Waals surface area contributed by atoms with Crippen molar-refractivity contribution in [2.45, 2.75) is 0 Å². The quantitative estimate of drug-likeness (QED) is 0.674. The number of nitrogen functional groups attached to an aromatic ring is 1. The Morgan fingerprint density at radius 2 is 1.96 bits per heavy atom. The maximum absolute atomic E-state index is 11.7. The second kappa shape index (κ2) is 6.68. The molecule has 1 aromatic carbocycles. The van der Waals surface area contributed by atoms with E-state index in [1.54, 1.807) is 24.3 Å². The molecule has 1 amide bonds. The van der Waals surface area contributed by atoms with Gasteiger partial charge in [-0.05, 0) is 18.2 Å². The number of amides is 1. The number of aromatic nitrogens is 3. The number of anilines is 1. The summed E-state index contributed by atoms with van der Waals surface area (Å²) in [5.41, 5.74) is 13.8. The molecule has 2 aromatic heterocycles. The van der Waals surface area contributed by atoms with Gasteiger partial charge in [0, 0.05) is 16.8 Å². The zero-order chi connectivity index (χ0) is 15.7. The smallest absolute Gasteiger partial charge is 0.250 e. The van der Waals surface area contributed by atoms with E-state index in [4.69, 9.17) is 23.1 Å². The molecule has 8 heteroatoms. The van der Waals surface area contributed by atoms with E-state index in [9.17, 15) is 4.79 Å². The van der Waals surface area contributed by atoms with Gasteiger partial charge in [0.15, 0.2) is 0 Å². The molecule has 3 aromatic rings. The van der Waals surface area contributed by atoms with Gasteiger partial charge in [-0.15, -0.1) is 12.4 Å². The minimum Gasteiger partial charge on any atom is -0.368 e. The van der Waals surface area contributed by atoms with Crippen LogP contribution < -0.4 is 11.5 Å². The number of rotatable bonds is 3. The van der Waals surface area contributed by atoms with Crippen LogP contribution in [-0.4, -0.2) is 20.9 Å². The summed E-state index contributed by atoms with van der Waals surface area (Å²) in [5, 5.41) is 0.514. The topological polar surface area (TPSA) is 111 Å². The summed E-state index contributed by atoms with van der Waals surface area (Å²) < 4.78 is 0. The number of halogens is 2. The van der Waals surface area contributed by atoms with E-state index in [0.717, 1.165) is 0 Å². The highest BCUT2D eigenvalue weighted by Gasteiger charge is 2.17. The Morgan fingerprint density at radius 3 is 2.61 bits per heavy atom. The first-order valence-electron chi connectivity index (χ1n) is 6.43. The van der Waals surface area contributed by atoms with Gasteiger partial charge < -0.3 is 16.5 Å². The van der Waals surface area contributed by atoms with Crippen molar-refractivity contribution in [2.24, 2.45) is 5.73 Å². The van der Waals surface area contributed by atoms with Crippen LogP contribution in [0.3, 0.4) is 0 Å². The summed E-state index contributed by atoms with van der Waals surface area (Å²) in [6, 6.07) is 10.5. The second-order valence-electron chi connectivity index (χ2n) is 4.62. The predicted octanol–water partition coefficient (Wildman–Crippen LogP) is 2.90. The van der Waals surface area contributed by atoms with E-state index in [1.807, 2.05) is 12.1 Å². The van der Waals surface area contributed by atoms with Crippen molar-refractivity contribution in [2.75, 3.05) is 5.73 Å². The first-order chi connectivity index (χ1) is 10.6. The van der Waals surface area contributed by atoms with Crippen LogP contribution in [0.15, 0.2) is 42.6 Å². The minimum atomic E-state index is -0.556. The molecule has 0 bridgehead atoms. The number of carbonyl (C=O) groups is 1. The molecule has 0 saturated heterocycles. The van der Waals surface area contributed by atoms with Crippen molar-refractivity contribution in [3.05, 3.63) is 53.2 Å². The molecule has 0 aliphatic heterocycles. The van der Waals surface area contributed by atoms with Crippen molar-refractivity contribution < 1.29 is 4.79 Å². The van der Waals surface area contributed by atoms with Gasteiger partial charge in [-0.25, -0.2) is 9.97 Å². The molecule has 0 aliphatic rings. The van der Waals surface area contributed by atoms with Crippen molar-refractivity contribution in [3.63, 3.8) is 0 Å². The van der Waals surface area contributed by atoms with E-state index in [2.05, 4.69) is 15.0 Å². The molecule has 5 N–H and O–H groups in total. The fraction of sp³-hybridized carbons (Fsp3) is 0. The van der Waals surface area contributed by atoms with Crippen molar-refractivity contribution in [1.82, 2.24) is 15.0 Å². The third-order valence-corrected chi connectivity index (χ3v) is 3.51. The van der Waals surface area contributed by atoms with Crippen molar-refractivity contribution >= 4 is 35.9 Å². The fourth-order valence-corrected chi connectivity index (χ4v) is 2.42. The van der Waals surface area contributed by atoms with Crippen LogP contribution in [0.4, 0.5) is 5.95 Å². The molecular weight excluding hydrogens is 337 g/mol. The first-order valence-corrected chi connectivity index (χ1v) is 6.80. The third kappa shape index (κ3) is 3.28. The minimum absolute atomic E-state index is 0. The van der Waals surface area contributed by atoms with Gasteiger partial charge in [-0.2, -0.15) is 0 Å². The lowest BCUT2D eigenvalue weighted by Crippen LogP contribution is -2.11. The number of nitrogens with one attached hydrogen (secondary N) is 1. The monoisotopic (exact) mass is 349 g/mol. The Labute approximate surface area is 143 Å². The number of nitrogens with two attached hydrogens (primary N) is 2. The van der Waals surface area contributed by atoms with Crippen LogP contribution in [0, 0.1) is 0 Å². The molecule has 0 fully saturated rings. The molecule has 2 heterocycles. The number of aromatic amines is 1. The number of primary amides is 1. The van der Waals surface area contributed by atoms with Gasteiger partial charge in [-0.1, -0.05) is 29.8 Å². The number of hydrogen-bond acceptors (Lipinski definition) is 4. The van der Waals surface area contributed by atoms with Gasteiger partial charge >= 0.3 is 0 Å². The van der Waals surface area contributed by atoms with Crippen LogP contribution in [0.2, 0.25) is 5.02 Å². The molecule has 0 spiro atoms. The number of benzene rings is 1. The van der Waals surface area contributed by atoms with E-state index >= 15 is 0 Å². The number of H-pyrrole nitrogens is 1. The lowest BCUT2D eigenvalue weighted by Gasteiger charge is -2.04. The fourth-order valence-electron chi connectivity index (χ4n) is 2.19. The van der Waals surface area contributed by atoms with Crippen molar-refractivity contribution in [3.8, 4) is 22.6 Å². The molecular formula is C15H13Cl2N5O. The largest absolute Gasteiger partial charge is 0.368 e. The van der Waals surface area contributed by atoms with Gasteiger partial charge in [0.1, 0.15) is 0 Å². The SMILES string of the molecule is Cl.NC(=O)c1cc(-c2ccnc(N)n2)[nH]c1-c1ccccc1Cl. The molecule has 118 valence electrons. The highest BCUT2D eigenvalue weighted by atomic mass is 35.5. The molecule has 23 heavy (non-hydrogen) atoms. The molecule has 0 radical (unpaired) electrons. The Morgan fingerprint density at radius 1 is 1.22 bits per heavy atom. The summed E-state index contributed by atoms with van der Waals surface area (Å²) in [5.74, 6) is -0.411. The van der Waals surface area contributed by atoms with E-state index in [-0.39, 0.29) is 18.4 Å². The zero-order valence-corrected chi connectivity index (χ0v) is 13.4. The van der Waals surface area contributed by atoms with E-state index in [1.165, 1.54) is 6.20 Å². The van der Waals surface area contributed by atoms with Gasteiger partial charge in [-0.3, -0.25) is 4.79 Å². The normalized spacial score (nSPS) is 10.1. The van der Waals surface area contributed by atoms with Crippen LogP contribution in [-0.2, 0) is 0 Å². The lowest BCUT2D eigenvalue weighted by molar-refractivity contribution is 0.100. The summed E-state index contributed by atoms with van der Waals surface area (Å²) in [7, 11) is 0. The third-order valence-electron chi connectivity index (χ3n) is 3.18. The number of hydrogen-bond donors (Lipinski definition) is 3. The van der Waals surface area contributed by atoms with Crippen molar-refractivity contribution in [1.29, 1.82) is 0 Å². The summed E-state index contributed by atoms with van der Waals surface area (Å²) >= 11 is 6.20. The highest BCUT2D eigenvalue weighted by Crippen LogP contribution is 2.32. The summed E-state index contributed by atoms with van der Waals surface area (Å²) in [6.45, 7) is 0. The molecule has 3 rings (SSSR count). The molecule has 0 aliphatic carbocycles. The Kier molecular flexibility index (Phi) is 4.88. The molecule has 6 nitrogen and oxygen atoms in total. The maximum atomic E-state index is 11.7. The first kappa shape index (κ1) is 16.8. The molecule has 0 saturated carbocycles. The zero-order valence-electron chi connectivity index (χ0n) is 11.8. The standard InChI is InChI=1S/C15H12ClN5O.ClH/c16-10-4-2-1-3-8(10)13-9(14(17)22)7-12(20-13)11-5-6-19-15(18)21-11;/h1-7,20H,(H2,17,22)(H2,18,19,21);1H. The van der Waals surface area contributed by atoms with Crippen LogP contribution in [0.25, 0.3) is 22.6 Å².